The highest BCUT2D eigenvalue weighted by Gasteiger charge is 2.45. The number of likely N-dealkylation sites (tertiary alicyclic amines) is 1. The average molecular weight is 296 g/mol. The van der Waals surface area contributed by atoms with Crippen LogP contribution in [0.4, 0.5) is 13.6 Å². The van der Waals surface area contributed by atoms with Gasteiger partial charge >= 0.3 is 6.09 Å². The second-order valence-electron chi connectivity index (χ2n) is 4.78. The van der Waals surface area contributed by atoms with Crippen molar-refractivity contribution in [1.29, 1.82) is 0 Å². The molecule has 3 rings (SSSR count). The predicted octanol–water partition coefficient (Wildman–Crippen LogP) is 0.768. The lowest BCUT2D eigenvalue weighted by Crippen LogP contribution is -2.62. The molecule has 2 saturated heterocycles. The molecule has 0 N–H and O–H groups in total. The van der Waals surface area contributed by atoms with Gasteiger partial charge in [-0.15, -0.1) is 0 Å². The summed E-state index contributed by atoms with van der Waals surface area (Å²) in [6, 6.07) is 2.65. The SMILES string of the molecule is O=C(c1c(F)cccc1F)N1CC(N2C(=O)COC2=O)C1. The van der Waals surface area contributed by atoms with Gasteiger partial charge in [0.2, 0.25) is 0 Å². The Hall–Kier alpha value is -2.51. The smallest absolute Gasteiger partial charge is 0.417 e. The zero-order valence-electron chi connectivity index (χ0n) is 10.7. The van der Waals surface area contributed by atoms with Gasteiger partial charge in [-0.2, -0.15) is 0 Å². The minimum atomic E-state index is -0.944. The number of carbonyl (C=O) groups excluding carboxylic acids is 3. The van der Waals surface area contributed by atoms with Gasteiger partial charge < -0.3 is 9.64 Å². The van der Waals surface area contributed by atoms with Crippen LogP contribution >= 0.6 is 0 Å². The van der Waals surface area contributed by atoms with Gasteiger partial charge in [-0.05, 0) is 12.1 Å². The van der Waals surface area contributed by atoms with E-state index in [-0.39, 0.29) is 19.7 Å². The Morgan fingerprint density at radius 1 is 1.19 bits per heavy atom. The highest BCUT2D eigenvalue weighted by Crippen LogP contribution is 2.23. The largest absolute Gasteiger partial charge is 0.439 e. The lowest BCUT2D eigenvalue weighted by atomic mass is 10.0. The van der Waals surface area contributed by atoms with Crippen molar-refractivity contribution >= 4 is 17.9 Å². The first-order valence-electron chi connectivity index (χ1n) is 6.21. The number of imide groups is 1. The first-order valence-corrected chi connectivity index (χ1v) is 6.21. The Labute approximate surface area is 117 Å². The molecule has 0 aliphatic carbocycles. The summed E-state index contributed by atoms with van der Waals surface area (Å²) in [6.07, 6.45) is -0.755. The summed E-state index contributed by atoms with van der Waals surface area (Å²) in [5.41, 5.74) is -0.633. The molecule has 2 aliphatic heterocycles. The summed E-state index contributed by atoms with van der Waals surface area (Å²) in [5.74, 6) is -3.17. The van der Waals surface area contributed by atoms with Crippen LogP contribution in [0.5, 0.6) is 0 Å². The molecule has 1 aromatic rings. The van der Waals surface area contributed by atoms with Crippen LogP contribution in [-0.4, -0.2) is 53.4 Å². The number of hydrogen-bond donors (Lipinski definition) is 0. The van der Waals surface area contributed by atoms with Crippen molar-refractivity contribution in [2.45, 2.75) is 6.04 Å². The fraction of sp³-hybridized carbons (Fsp3) is 0.308. The van der Waals surface area contributed by atoms with Gasteiger partial charge in [-0.1, -0.05) is 6.07 Å². The lowest BCUT2D eigenvalue weighted by Gasteiger charge is -2.41. The number of amides is 3. The van der Waals surface area contributed by atoms with E-state index in [4.69, 9.17) is 0 Å². The maximum absolute atomic E-state index is 13.5. The topological polar surface area (TPSA) is 66.9 Å². The highest BCUT2D eigenvalue weighted by atomic mass is 19.1. The van der Waals surface area contributed by atoms with Crippen LogP contribution in [0.3, 0.4) is 0 Å². The summed E-state index contributed by atoms with van der Waals surface area (Å²) < 4.78 is 31.6. The molecular weight excluding hydrogens is 286 g/mol. The molecule has 110 valence electrons. The zero-order valence-corrected chi connectivity index (χ0v) is 10.7. The number of ether oxygens (including phenoxy) is 1. The van der Waals surface area contributed by atoms with E-state index >= 15 is 0 Å². The Bertz CT molecular complexity index is 607. The van der Waals surface area contributed by atoms with E-state index in [9.17, 15) is 23.2 Å². The monoisotopic (exact) mass is 296 g/mol. The normalized spacial score (nSPS) is 18.8. The Kier molecular flexibility index (Phi) is 3.08. The van der Waals surface area contributed by atoms with E-state index in [1.807, 2.05) is 0 Å². The van der Waals surface area contributed by atoms with Crippen LogP contribution in [0.25, 0.3) is 0 Å². The van der Waals surface area contributed by atoms with Crippen molar-refractivity contribution in [3.05, 3.63) is 35.4 Å². The second-order valence-corrected chi connectivity index (χ2v) is 4.78. The van der Waals surface area contributed by atoms with Crippen LogP contribution in [-0.2, 0) is 9.53 Å². The van der Waals surface area contributed by atoms with Crippen molar-refractivity contribution in [3.63, 3.8) is 0 Å². The Morgan fingerprint density at radius 2 is 1.81 bits per heavy atom. The second kappa shape index (κ2) is 4.80. The number of rotatable bonds is 2. The predicted molar refractivity (Wildman–Crippen MR) is 64.2 cm³/mol. The molecule has 2 fully saturated rings. The lowest BCUT2D eigenvalue weighted by molar-refractivity contribution is -0.129. The minimum Gasteiger partial charge on any atom is -0.439 e. The van der Waals surface area contributed by atoms with Crippen molar-refractivity contribution in [1.82, 2.24) is 9.80 Å². The molecule has 0 radical (unpaired) electrons. The number of halogens is 2. The summed E-state index contributed by atoms with van der Waals surface area (Å²) in [6.45, 7) is -0.244. The summed E-state index contributed by atoms with van der Waals surface area (Å²) in [5, 5.41) is 0. The molecule has 2 heterocycles. The van der Waals surface area contributed by atoms with Crippen LogP contribution in [0.15, 0.2) is 18.2 Å². The fourth-order valence-corrected chi connectivity index (χ4v) is 2.36. The molecule has 1 aromatic carbocycles. The third-order valence-corrected chi connectivity index (χ3v) is 3.48. The molecule has 0 bridgehead atoms. The van der Waals surface area contributed by atoms with E-state index in [0.29, 0.717) is 0 Å². The quantitative estimate of drug-likeness (QED) is 0.808. The van der Waals surface area contributed by atoms with Crippen molar-refractivity contribution in [3.8, 4) is 0 Å². The highest BCUT2D eigenvalue weighted by molar-refractivity contribution is 5.99. The fourth-order valence-electron chi connectivity index (χ4n) is 2.36. The molecule has 0 atom stereocenters. The van der Waals surface area contributed by atoms with Gasteiger partial charge in [0.1, 0.15) is 17.2 Å². The van der Waals surface area contributed by atoms with Gasteiger partial charge in [-0.25, -0.2) is 18.5 Å². The molecule has 0 aromatic heterocycles. The number of carbonyl (C=O) groups is 3. The first kappa shape index (κ1) is 13.5. The van der Waals surface area contributed by atoms with E-state index in [1.165, 1.54) is 11.0 Å². The number of hydrogen-bond acceptors (Lipinski definition) is 4. The molecule has 0 spiro atoms. The first-order chi connectivity index (χ1) is 9.99. The molecule has 6 nitrogen and oxygen atoms in total. The summed E-state index contributed by atoms with van der Waals surface area (Å²) in [7, 11) is 0. The Morgan fingerprint density at radius 3 is 2.33 bits per heavy atom. The molecule has 0 saturated carbocycles. The maximum Gasteiger partial charge on any atom is 0.417 e. The molecular formula is C13H10F2N2O4. The van der Waals surface area contributed by atoms with E-state index in [1.54, 1.807) is 0 Å². The standard InChI is InChI=1S/C13H10F2N2O4/c14-8-2-1-3-9(15)11(8)12(19)16-4-7(5-16)17-10(18)6-21-13(17)20/h1-3,7H,4-6H2. The molecule has 8 heteroatoms. The molecule has 3 amide bonds. The maximum atomic E-state index is 13.5. The van der Waals surface area contributed by atoms with Gasteiger partial charge in [0.25, 0.3) is 11.8 Å². The van der Waals surface area contributed by atoms with Crippen LogP contribution in [0.2, 0.25) is 0 Å². The van der Waals surface area contributed by atoms with Crippen molar-refractivity contribution in [2.75, 3.05) is 19.7 Å². The van der Waals surface area contributed by atoms with Gasteiger partial charge in [-0.3, -0.25) is 9.59 Å². The van der Waals surface area contributed by atoms with Crippen LogP contribution in [0.1, 0.15) is 10.4 Å². The zero-order chi connectivity index (χ0) is 15.1. The third kappa shape index (κ3) is 2.12. The summed E-state index contributed by atoms with van der Waals surface area (Å²) in [4.78, 5) is 36.9. The van der Waals surface area contributed by atoms with E-state index in [0.717, 1.165) is 17.0 Å². The van der Waals surface area contributed by atoms with Crippen molar-refractivity contribution in [2.24, 2.45) is 0 Å². The third-order valence-electron chi connectivity index (χ3n) is 3.48. The average Bonchev–Trinajstić information content (AvgIpc) is 2.69. The van der Waals surface area contributed by atoms with E-state index < -0.39 is 41.1 Å². The number of benzene rings is 1. The molecule has 2 aliphatic rings. The molecule has 0 unspecified atom stereocenters. The molecule has 21 heavy (non-hydrogen) atoms. The number of cyclic esters (lactones) is 1. The summed E-state index contributed by atoms with van der Waals surface area (Å²) >= 11 is 0. The van der Waals surface area contributed by atoms with Gasteiger partial charge in [0.05, 0.1) is 6.04 Å². The van der Waals surface area contributed by atoms with Crippen LogP contribution < -0.4 is 0 Å². The van der Waals surface area contributed by atoms with Gasteiger partial charge in [0, 0.05) is 13.1 Å². The number of nitrogens with zero attached hydrogens (tertiary/aromatic N) is 2. The van der Waals surface area contributed by atoms with Crippen molar-refractivity contribution < 1.29 is 27.9 Å². The minimum absolute atomic E-state index is 0.0352. The van der Waals surface area contributed by atoms with E-state index in [2.05, 4.69) is 4.74 Å². The Balaban J connectivity index is 1.70. The van der Waals surface area contributed by atoms with Crippen LogP contribution in [0, 0.1) is 11.6 Å². The van der Waals surface area contributed by atoms with Gasteiger partial charge in [0.15, 0.2) is 6.61 Å².